The largest absolute Gasteiger partial charge is 0.376 e. The fourth-order valence-electron chi connectivity index (χ4n) is 3.29. The molecule has 1 fully saturated rings. The number of amides is 1. The van der Waals surface area contributed by atoms with Crippen LogP contribution in [0.5, 0.6) is 0 Å². The number of aromatic nitrogens is 1. The van der Waals surface area contributed by atoms with Crippen LogP contribution in [-0.4, -0.2) is 41.2 Å². The molecule has 0 bridgehead atoms. The number of aryl methyl sites for hydroxylation is 1. The number of benzene rings is 1. The first kappa shape index (κ1) is 16.3. The van der Waals surface area contributed by atoms with Gasteiger partial charge < -0.3 is 14.2 Å². The van der Waals surface area contributed by atoms with Gasteiger partial charge >= 0.3 is 0 Å². The number of fused-ring (bicyclic) bond motifs is 1. The Balaban J connectivity index is 1.85. The average molecular weight is 335 g/mol. The average Bonchev–Trinajstić information content (AvgIpc) is 2.91. The van der Waals surface area contributed by atoms with E-state index < -0.39 is 0 Å². The second kappa shape index (κ2) is 6.93. The third-order valence-electron chi connectivity index (χ3n) is 4.59. The Morgan fingerprint density at radius 2 is 2.26 bits per heavy atom. The minimum atomic E-state index is 0.0384. The van der Waals surface area contributed by atoms with Crippen LogP contribution in [0.2, 0.25) is 5.02 Å². The molecule has 4 nitrogen and oxygen atoms in total. The normalized spacial score (nSPS) is 18.3. The van der Waals surface area contributed by atoms with Crippen LogP contribution in [-0.2, 0) is 11.8 Å². The van der Waals surface area contributed by atoms with Gasteiger partial charge in [-0.3, -0.25) is 4.79 Å². The Morgan fingerprint density at radius 3 is 2.91 bits per heavy atom. The summed E-state index contributed by atoms with van der Waals surface area (Å²) in [7, 11) is 1.90. The van der Waals surface area contributed by atoms with Crippen LogP contribution in [0.1, 0.15) is 36.7 Å². The molecule has 3 rings (SSSR count). The van der Waals surface area contributed by atoms with Gasteiger partial charge in [-0.2, -0.15) is 0 Å². The molecule has 23 heavy (non-hydrogen) atoms. The van der Waals surface area contributed by atoms with E-state index in [9.17, 15) is 4.79 Å². The van der Waals surface area contributed by atoms with Gasteiger partial charge in [0.05, 0.1) is 16.6 Å². The Kier molecular flexibility index (Phi) is 4.93. The third kappa shape index (κ3) is 3.24. The van der Waals surface area contributed by atoms with Crippen LogP contribution >= 0.6 is 11.6 Å². The molecule has 5 heteroatoms. The molecule has 2 aromatic rings. The number of carbonyl (C=O) groups is 1. The first-order valence-electron chi connectivity index (χ1n) is 8.26. The summed E-state index contributed by atoms with van der Waals surface area (Å²) in [5.41, 5.74) is 1.58. The number of para-hydroxylation sites is 1. The van der Waals surface area contributed by atoms with E-state index in [0.717, 1.165) is 30.4 Å². The molecule has 1 amide bonds. The van der Waals surface area contributed by atoms with Gasteiger partial charge in [0, 0.05) is 32.1 Å². The van der Waals surface area contributed by atoms with Gasteiger partial charge in [-0.25, -0.2) is 0 Å². The fourth-order valence-corrected chi connectivity index (χ4v) is 3.60. The maximum absolute atomic E-state index is 13.0. The minimum Gasteiger partial charge on any atom is -0.376 e. The van der Waals surface area contributed by atoms with Crippen molar-refractivity contribution in [2.24, 2.45) is 7.05 Å². The van der Waals surface area contributed by atoms with E-state index in [1.165, 1.54) is 6.42 Å². The number of likely N-dealkylation sites (N-methyl/N-ethyl adjacent to an activating group) is 1. The van der Waals surface area contributed by atoms with Crippen molar-refractivity contribution < 1.29 is 9.53 Å². The van der Waals surface area contributed by atoms with E-state index in [1.54, 1.807) is 0 Å². The van der Waals surface area contributed by atoms with Crippen molar-refractivity contribution >= 4 is 28.4 Å². The summed E-state index contributed by atoms with van der Waals surface area (Å²) in [6.45, 7) is 4.15. The smallest absolute Gasteiger partial charge is 0.270 e. The van der Waals surface area contributed by atoms with Gasteiger partial charge in [0.2, 0.25) is 0 Å². The van der Waals surface area contributed by atoms with Crippen molar-refractivity contribution in [2.75, 3.05) is 19.7 Å². The van der Waals surface area contributed by atoms with Crippen LogP contribution in [0.15, 0.2) is 24.3 Å². The Morgan fingerprint density at radius 1 is 1.43 bits per heavy atom. The molecular weight excluding hydrogens is 312 g/mol. The highest BCUT2D eigenvalue weighted by molar-refractivity contribution is 6.35. The van der Waals surface area contributed by atoms with Gasteiger partial charge in [0.15, 0.2) is 0 Å². The van der Waals surface area contributed by atoms with Crippen LogP contribution in [0.4, 0.5) is 0 Å². The van der Waals surface area contributed by atoms with Crippen LogP contribution in [0, 0.1) is 0 Å². The van der Waals surface area contributed by atoms with Crippen molar-refractivity contribution in [2.45, 2.75) is 32.3 Å². The SMILES string of the molecule is CCN(CC1CCCCO1)C(=O)c1cc2cccc(Cl)c2n1C. The monoisotopic (exact) mass is 334 g/mol. The predicted octanol–water partition coefficient (Wildman–Crippen LogP) is 3.86. The topological polar surface area (TPSA) is 34.5 Å². The summed E-state index contributed by atoms with van der Waals surface area (Å²) < 4.78 is 7.68. The lowest BCUT2D eigenvalue weighted by atomic mass is 10.1. The minimum absolute atomic E-state index is 0.0384. The molecule has 0 spiro atoms. The first-order valence-corrected chi connectivity index (χ1v) is 8.64. The van der Waals surface area contributed by atoms with Crippen molar-refractivity contribution in [1.82, 2.24) is 9.47 Å². The van der Waals surface area contributed by atoms with Crippen LogP contribution < -0.4 is 0 Å². The summed E-state index contributed by atoms with van der Waals surface area (Å²) in [5, 5.41) is 1.66. The molecule has 0 radical (unpaired) electrons. The molecule has 1 aromatic heterocycles. The molecule has 0 aliphatic carbocycles. The van der Waals surface area contributed by atoms with Crippen molar-refractivity contribution in [3.8, 4) is 0 Å². The summed E-state index contributed by atoms with van der Waals surface area (Å²) in [5.74, 6) is 0.0384. The molecule has 1 aliphatic rings. The molecule has 1 atom stereocenters. The highest BCUT2D eigenvalue weighted by Gasteiger charge is 2.24. The van der Waals surface area contributed by atoms with Gasteiger partial charge in [0.25, 0.3) is 5.91 Å². The molecule has 1 aromatic carbocycles. The van der Waals surface area contributed by atoms with E-state index >= 15 is 0 Å². The van der Waals surface area contributed by atoms with E-state index in [1.807, 2.05) is 47.7 Å². The van der Waals surface area contributed by atoms with E-state index in [4.69, 9.17) is 16.3 Å². The Labute approximate surface area is 142 Å². The van der Waals surface area contributed by atoms with Crippen LogP contribution in [0.25, 0.3) is 10.9 Å². The fraction of sp³-hybridized carbons (Fsp3) is 0.500. The van der Waals surface area contributed by atoms with E-state index in [2.05, 4.69) is 0 Å². The third-order valence-corrected chi connectivity index (χ3v) is 4.90. The van der Waals surface area contributed by atoms with Gasteiger partial charge in [0.1, 0.15) is 5.69 Å². The molecule has 2 heterocycles. The maximum Gasteiger partial charge on any atom is 0.270 e. The lowest BCUT2D eigenvalue weighted by molar-refractivity contribution is -0.00329. The number of ether oxygens (including phenoxy) is 1. The predicted molar refractivity (Wildman–Crippen MR) is 93.1 cm³/mol. The molecule has 1 saturated heterocycles. The number of hydrogen-bond acceptors (Lipinski definition) is 2. The zero-order valence-electron chi connectivity index (χ0n) is 13.7. The quantitative estimate of drug-likeness (QED) is 0.850. The first-order chi connectivity index (χ1) is 11.1. The molecule has 1 aliphatic heterocycles. The van der Waals surface area contributed by atoms with Gasteiger partial charge in [-0.1, -0.05) is 23.7 Å². The Hall–Kier alpha value is -1.52. The van der Waals surface area contributed by atoms with Crippen molar-refractivity contribution in [1.29, 1.82) is 0 Å². The molecular formula is C18H23ClN2O2. The summed E-state index contributed by atoms with van der Waals surface area (Å²) in [4.78, 5) is 14.8. The molecule has 0 saturated carbocycles. The number of halogens is 1. The molecule has 1 unspecified atom stereocenters. The van der Waals surface area contributed by atoms with Gasteiger partial charge in [-0.05, 0) is 38.3 Å². The van der Waals surface area contributed by atoms with Crippen LogP contribution in [0.3, 0.4) is 0 Å². The van der Waals surface area contributed by atoms with E-state index in [0.29, 0.717) is 23.8 Å². The highest BCUT2D eigenvalue weighted by Crippen LogP contribution is 2.27. The van der Waals surface area contributed by atoms with Crippen molar-refractivity contribution in [3.05, 3.63) is 35.0 Å². The zero-order chi connectivity index (χ0) is 16.4. The lowest BCUT2D eigenvalue weighted by Crippen LogP contribution is -2.40. The lowest BCUT2D eigenvalue weighted by Gasteiger charge is -2.29. The van der Waals surface area contributed by atoms with Crippen molar-refractivity contribution in [3.63, 3.8) is 0 Å². The number of nitrogens with zero attached hydrogens (tertiary/aromatic N) is 2. The summed E-state index contributed by atoms with van der Waals surface area (Å²) >= 11 is 6.28. The maximum atomic E-state index is 13.0. The van der Waals surface area contributed by atoms with E-state index in [-0.39, 0.29) is 12.0 Å². The molecule has 0 N–H and O–H groups in total. The highest BCUT2D eigenvalue weighted by atomic mass is 35.5. The number of rotatable bonds is 4. The number of carbonyl (C=O) groups excluding carboxylic acids is 1. The van der Waals surface area contributed by atoms with Gasteiger partial charge in [-0.15, -0.1) is 0 Å². The second-order valence-corrected chi connectivity index (χ2v) is 6.51. The summed E-state index contributed by atoms with van der Waals surface area (Å²) in [6, 6.07) is 7.67. The summed E-state index contributed by atoms with van der Waals surface area (Å²) in [6.07, 6.45) is 3.49. The zero-order valence-corrected chi connectivity index (χ0v) is 14.5. The Bertz CT molecular complexity index is 704. The number of hydrogen-bond donors (Lipinski definition) is 0. The molecule has 124 valence electrons. The second-order valence-electron chi connectivity index (χ2n) is 6.10. The standard InChI is InChI=1S/C18H23ClN2O2/c1-3-21(12-14-8-4-5-10-23-14)18(22)16-11-13-7-6-9-15(19)17(13)20(16)2/h6-7,9,11,14H,3-5,8,10,12H2,1-2H3.